The lowest BCUT2D eigenvalue weighted by Crippen LogP contribution is -2.58. The predicted octanol–water partition coefficient (Wildman–Crippen LogP) is 0.533. The van der Waals surface area contributed by atoms with E-state index in [1.165, 1.54) is 12.8 Å². The molecule has 0 spiro atoms. The molecule has 86 valence electrons. The molecule has 4 heteroatoms. The highest BCUT2D eigenvalue weighted by molar-refractivity contribution is 5.74. The normalized spacial score (nSPS) is 30.1. The lowest BCUT2D eigenvalue weighted by atomic mass is 10.0. The molecule has 1 aliphatic carbocycles. The molecule has 1 saturated carbocycles. The van der Waals surface area contributed by atoms with Gasteiger partial charge in [-0.15, -0.1) is 0 Å². The minimum atomic E-state index is -0.679. The quantitative estimate of drug-likeness (QED) is 0.714. The average molecular weight is 212 g/mol. The molecule has 2 aliphatic rings. The summed E-state index contributed by atoms with van der Waals surface area (Å²) >= 11 is 0. The van der Waals surface area contributed by atoms with Crippen molar-refractivity contribution in [1.82, 2.24) is 10.2 Å². The summed E-state index contributed by atoms with van der Waals surface area (Å²) < 4.78 is 0. The Kier molecular flexibility index (Phi) is 3.26. The summed E-state index contributed by atoms with van der Waals surface area (Å²) in [6, 6.07) is 0.178. The molecule has 4 nitrogen and oxygen atoms in total. The van der Waals surface area contributed by atoms with E-state index in [4.69, 9.17) is 0 Å². The standard InChI is InChI=1S/C11H20N2O2/c1-2-9(8-3-4-8)13-6-5-12-7-10(13)11(14)15/h8-10,12H,2-7H2,1H3,(H,14,15). The van der Waals surface area contributed by atoms with Crippen LogP contribution >= 0.6 is 0 Å². The van der Waals surface area contributed by atoms with Gasteiger partial charge in [-0.3, -0.25) is 9.69 Å². The van der Waals surface area contributed by atoms with Crippen LogP contribution in [0, 0.1) is 5.92 Å². The molecule has 0 amide bonds. The fraction of sp³-hybridized carbons (Fsp3) is 0.909. The minimum Gasteiger partial charge on any atom is -0.480 e. The van der Waals surface area contributed by atoms with E-state index in [1.54, 1.807) is 0 Å². The summed E-state index contributed by atoms with van der Waals surface area (Å²) in [4.78, 5) is 13.4. The molecular formula is C11H20N2O2. The first-order valence-electron chi connectivity index (χ1n) is 5.93. The van der Waals surface area contributed by atoms with E-state index >= 15 is 0 Å². The summed E-state index contributed by atoms with van der Waals surface area (Å²) in [7, 11) is 0. The molecule has 2 N–H and O–H groups in total. The average Bonchev–Trinajstić information content (AvgIpc) is 3.04. The lowest BCUT2D eigenvalue weighted by Gasteiger charge is -2.39. The van der Waals surface area contributed by atoms with E-state index in [9.17, 15) is 9.90 Å². The SMILES string of the molecule is CCC(C1CC1)N1CCNCC1C(=O)O. The van der Waals surface area contributed by atoms with Gasteiger partial charge in [-0.05, 0) is 25.2 Å². The first-order valence-corrected chi connectivity index (χ1v) is 5.93. The molecule has 1 aliphatic heterocycles. The number of piperazine rings is 1. The number of rotatable bonds is 4. The van der Waals surface area contributed by atoms with E-state index < -0.39 is 5.97 Å². The molecule has 0 aromatic heterocycles. The van der Waals surface area contributed by atoms with Crippen LogP contribution in [0.3, 0.4) is 0 Å². The molecule has 1 heterocycles. The second kappa shape index (κ2) is 4.49. The third-order valence-electron chi connectivity index (χ3n) is 3.58. The number of carbonyl (C=O) groups is 1. The van der Waals surface area contributed by atoms with Gasteiger partial charge in [0.25, 0.3) is 0 Å². The first-order chi connectivity index (χ1) is 7.24. The molecule has 0 aromatic carbocycles. The van der Waals surface area contributed by atoms with Gasteiger partial charge in [0.2, 0.25) is 0 Å². The zero-order valence-corrected chi connectivity index (χ0v) is 9.28. The van der Waals surface area contributed by atoms with Gasteiger partial charge >= 0.3 is 5.97 Å². The molecule has 2 rings (SSSR count). The number of hydrogen-bond donors (Lipinski definition) is 2. The number of nitrogens with one attached hydrogen (secondary N) is 1. The first kappa shape index (κ1) is 10.9. The van der Waals surface area contributed by atoms with Crippen LogP contribution in [0.2, 0.25) is 0 Å². The van der Waals surface area contributed by atoms with Crippen LogP contribution in [0.5, 0.6) is 0 Å². The zero-order valence-electron chi connectivity index (χ0n) is 9.28. The summed E-state index contributed by atoms with van der Waals surface area (Å²) in [5.41, 5.74) is 0. The predicted molar refractivity (Wildman–Crippen MR) is 57.8 cm³/mol. The number of carboxylic acid groups (broad SMARTS) is 1. The third-order valence-corrected chi connectivity index (χ3v) is 3.58. The summed E-state index contributed by atoms with van der Waals surface area (Å²) in [6.45, 7) is 4.57. The molecule has 2 fully saturated rings. The van der Waals surface area contributed by atoms with E-state index in [-0.39, 0.29) is 6.04 Å². The van der Waals surface area contributed by atoms with Crippen molar-refractivity contribution >= 4 is 5.97 Å². The molecule has 0 radical (unpaired) electrons. The van der Waals surface area contributed by atoms with Gasteiger partial charge in [-0.1, -0.05) is 6.92 Å². The fourth-order valence-electron chi connectivity index (χ4n) is 2.67. The van der Waals surface area contributed by atoms with Crippen molar-refractivity contribution in [3.05, 3.63) is 0 Å². The Morgan fingerprint density at radius 2 is 2.33 bits per heavy atom. The molecule has 0 aromatic rings. The second-order valence-electron chi connectivity index (χ2n) is 4.61. The number of carboxylic acids is 1. The molecule has 0 bridgehead atoms. The highest BCUT2D eigenvalue weighted by atomic mass is 16.4. The zero-order chi connectivity index (χ0) is 10.8. The Morgan fingerprint density at radius 1 is 1.60 bits per heavy atom. The van der Waals surface area contributed by atoms with Crippen molar-refractivity contribution in [1.29, 1.82) is 0 Å². The smallest absolute Gasteiger partial charge is 0.322 e. The molecule has 15 heavy (non-hydrogen) atoms. The van der Waals surface area contributed by atoms with Crippen LogP contribution in [0.15, 0.2) is 0 Å². The van der Waals surface area contributed by atoms with Crippen molar-refractivity contribution in [2.45, 2.75) is 38.3 Å². The maximum absolute atomic E-state index is 11.1. The highest BCUT2D eigenvalue weighted by Crippen LogP contribution is 2.37. The van der Waals surface area contributed by atoms with Crippen molar-refractivity contribution in [3.63, 3.8) is 0 Å². The summed E-state index contributed by atoms with van der Waals surface area (Å²) in [6.07, 6.45) is 3.65. The Bertz CT molecular complexity index is 241. The van der Waals surface area contributed by atoms with E-state index in [0.717, 1.165) is 25.4 Å². The Hall–Kier alpha value is -0.610. The van der Waals surface area contributed by atoms with Crippen LogP contribution in [-0.2, 0) is 4.79 Å². The van der Waals surface area contributed by atoms with Crippen molar-refractivity contribution in [2.75, 3.05) is 19.6 Å². The van der Waals surface area contributed by atoms with Crippen LogP contribution in [0.1, 0.15) is 26.2 Å². The van der Waals surface area contributed by atoms with Crippen LogP contribution in [-0.4, -0.2) is 47.7 Å². The Morgan fingerprint density at radius 3 is 2.87 bits per heavy atom. The van der Waals surface area contributed by atoms with Crippen molar-refractivity contribution in [3.8, 4) is 0 Å². The van der Waals surface area contributed by atoms with Gasteiger partial charge in [-0.2, -0.15) is 0 Å². The van der Waals surface area contributed by atoms with E-state index in [0.29, 0.717) is 12.6 Å². The largest absolute Gasteiger partial charge is 0.480 e. The third kappa shape index (κ3) is 2.32. The maximum Gasteiger partial charge on any atom is 0.322 e. The number of nitrogens with zero attached hydrogens (tertiary/aromatic N) is 1. The van der Waals surface area contributed by atoms with Crippen molar-refractivity contribution < 1.29 is 9.90 Å². The number of hydrogen-bond acceptors (Lipinski definition) is 3. The molecule has 2 atom stereocenters. The van der Waals surface area contributed by atoms with Crippen LogP contribution < -0.4 is 5.32 Å². The summed E-state index contributed by atoms with van der Waals surface area (Å²) in [5, 5.41) is 12.3. The maximum atomic E-state index is 11.1. The molecule has 1 saturated heterocycles. The Balaban J connectivity index is 2.04. The fourth-order valence-corrected chi connectivity index (χ4v) is 2.67. The number of aliphatic carboxylic acids is 1. The second-order valence-corrected chi connectivity index (χ2v) is 4.61. The van der Waals surface area contributed by atoms with Crippen molar-refractivity contribution in [2.24, 2.45) is 5.92 Å². The van der Waals surface area contributed by atoms with Gasteiger partial charge in [-0.25, -0.2) is 0 Å². The van der Waals surface area contributed by atoms with E-state index in [1.807, 2.05) is 0 Å². The molecule has 2 unspecified atom stereocenters. The molecular weight excluding hydrogens is 192 g/mol. The van der Waals surface area contributed by atoms with Gasteiger partial charge in [0.15, 0.2) is 0 Å². The van der Waals surface area contributed by atoms with Gasteiger partial charge in [0.1, 0.15) is 6.04 Å². The van der Waals surface area contributed by atoms with Crippen LogP contribution in [0.25, 0.3) is 0 Å². The highest BCUT2D eigenvalue weighted by Gasteiger charge is 2.40. The lowest BCUT2D eigenvalue weighted by molar-refractivity contribution is -0.145. The van der Waals surface area contributed by atoms with Crippen LogP contribution in [0.4, 0.5) is 0 Å². The monoisotopic (exact) mass is 212 g/mol. The topological polar surface area (TPSA) is 52.6 Å². The van der Waals surface area contributed by atoms with Gasteiger partial charge in [0, 0.05) is 25.7 Å². The van der Waals surface area contributed by atoms with Gasteiger partial charge < -0.3 is 10.4 Å². The Labute approximate surface area is 90.6 Å². The van der Waals surface area contributed by atoms with Gasteiger partial charge in [0.05, 0.1) is 0 Å². The summed E-state index contributed by atoms with van der Waals surface area (Å²) in [5.74, 6) is 0.0799. The minimum absolute atomic E-state index is 0.315. The van der Waals surface area contributed by atoms with E-state index in [2.05, 4.69) is 17.1 Å².